The Hall–Kier alpha value is -1.10. The minimum Gasteiger partial charge on any atom is -0.481 e. The van der Waals surface area contributed by atoms with Gasteiger partial charge in [-0.15, -0.1) is 0 Å². The predicted molar refractivity (Wildman–Crippen MR) is 148 cm³/mol. The molecule has 0 heterocycles. The smallest absolute Gasteiger partial charge is 0.323 e. The number of esters is 1. The lowest BCUT2D eigenvalue weighted by atomic mass is 10.0. The SMILES string of the molecule is CCCCCCCCCCCC(CCCCCCCC)OC(=O)[C@H](CCC(=O)O)NCCCCC. The molecule has 5 nitrogen and oxygen atoms in total. The lowest BCUT2D eigenvalue weighted by Gasteiger charge is -2.23. The van der Waals surface area contributed by atoms with Crippen LogP contribution in [0.2, 0.25) is 0 Å². The number of aliphatic carboxylic acids is 1. The van der Waals surface area contributed by atoms with E-state index in [-0.39, 0.29) is 18.5 Å². The number of carboxylic acids is 1. The van der Waals surface area contributed by atoms with Crippen molar-refractivity contribution in [2.24, 2.45) is 0 Å². The molecule has 35 heavy (non-hydrogen) atoms. The standard InChI is InChI=1S/C30H59NO4/c1-4-7-10-12-14-15-16-18-20-23-27(22-19-17-13-11-8-5-2)35-30(34)28(24-25-29(32)33)31-26-21-9-6-3/h27-28,31H,4-26H2,1-3H3,(H,32,33)/t27?,28-/m0/s1. The van der Waals surface area contributed by atoms with Gasteiger partial charge in [-0.05, 0) is 45.1 Å². The molecule has 0 radical (unpaired) electrons. The summed E-state index contributed by atoms with van der Waals surface area (Å²) in [5.41, 5.74) is 0. The highest BCUT2D eigenvalue weighted by Crippen LogP contribution is 2.18. The molecule has 0 amide bonds. The Morgan fingerprint density at radius 2 is 1.06 bits per heavy atom. The van der Waals surface area contributed by atoms with E-state index in [9.17, 15) is 9.59 Å². The minimum atomic E-state index is -0.864. The number of carbonyl (C=O) groups is 2. The molecule has 0 aliphatic heterocycles. The number of nitrogens with one attached hydrogen (secondary N) is 1. The van der Waals surface area contributed by atoms with Gasteiger partial charge >= 0.3 is 11.9 Å². The van der Waals surface area contributed by atoms with Crippen LogP contribution in [0.15, 0.2) is 0 Å². The molecule has 0 aromatic rings. The summed E-state index contributed by atoms with van der Waals surface area (Å²) in [6.45, 7) is 7.37. The van der Waals surface area contributed by atoms with E-state index in [0.717, 1.165) is 51.5 Å². The minimum absolute atomic E-state index is 0.0130. The average molecular weight is 498 g/mol. The van der Waals surface area contributed by atoms with Gasteiger partial charge in [0.25, 0.3) is 0 Å². The molecule has 0 aromatic heterocycles. The Morgan fingerprint density at radius 3 is 1.51 bits per heavy atom. The highest BCUT2D eigenvalue weighted by Gasteiger charge is 2.23. The summed E-state index contributed by atoms with van der Waals surface area (Å²) in [6, 6.07) is -0.516. The van der Waals surface area contributed by atoms with Crippen molar-refractivity contribution < 1.29 is 19.4 Å². The van der Waals surface area contributed by atoms with E-state index in [2.05, 4.69) is 26.1 Å². The Morgan fingerprint density at radius 1 is 0.629 bits per heavy atom. The van der Waals surface area contributed by atoms with E-state index < -0.39 is 12.0 Å². The molecule has 0 aliphatic carbocycles. The van der Waals surface area contributed by atoms with Crippen LogP contribution in [0.25, 0.3) is 0 Å². The van der Waals surface area contributed by atoms with Crippen molar-refractivity contribution in [1.82, 2.24) is 5.32 Å². The van der Waals surface area contributed by atoms with E-state index >= 15 is 0 Å². The second-order valence-electron chi connectivity index (χ2n) is 10.4. The van der Waals surface area contributed by atoms with Crippen molar-refractivity contribution in [3.8, 4) is 0 Å². The van der Waals surface area contributed by atoms with Crippen LogP contribution >= 0.6 is 0 Å². The number of hydrogen-bond acceptors (Lipinski definition) is 4. The molecule has 0 rings (SSSR count). The Balaban J connectivity index is 4.59. The highest BCUT2D eigenvalue weighted by atomic mass is 16.5. The molecular weight excluding hydrogens is 438 g/mol. The fourth-order valence-electron chi connectivity index (χ4n) is 4.57. The lowest BCUT2D eigenvalue weighted by molar-refractivity contribution is -0.153. The molecule has 0 saturated heterocycles. The molecule has 2 N–H and O–H groups in total. The van der Waals surface area contributed by atoms with Crippen molar-refractivity contribution in [3.63, 3.8) is 0 Å². The van der Waals surface area contributed by atoms with Gasteiger partial charge in [0.05, 0.1) is 0 Å². The van der Waals surface area contributed by atoms with E-state index in [4.69, 9.17) is 9.84 Å². The molecule has 0 aliphatic rings. The Kier molecular flexibility index (Phi) is 25.2. The third-order valence-corrected chi connectivity index (χ3v) is 6.89. The molecule has 5 heteroatoms. The fourth-order valence-corrected chi connectivity index (χ4v) is 4.57. The highest BCUT2D eigenvalue weighted by molar-refractivity contribution is 5.77. The summed E-state index contributed by atoms with van der Waals surface area (Å²) in [6.07, 6.45) is 24.3. The quantitative estimate of drug-likeness (QED) is 0.0877. The van der Waals surface area contributed by atoms with Crippen molar-refractivity contribution in [2.75, 3.05) is 6.54 Å². The third kappa shape index (κ3) is 23.1. The maximum Gasteiger partial charge on any atom is 0.323 e. The molecule has 208 valence electrons. The van der Waals surface area contributed by atoms with Gasteiger partial charge in [0.2, 0.25) is 0 Å². The second-order valence-corrected chi connectivity index (χ2v) is 10.4. The van der Waals surface area contributed by atoms with Gasteiger partial charge in [0, 0.05) is 6.42 Å². The monoisotopic (exact) mass is 497 g/mol. The van der Waals surface area contributed by atoms with Crippen LogP contribution in [0.3, 0.4) is 0 Å². The van der Waals surface area contributed by atoms with Crippen LogP contribution in [0.5, 0.6) is 0 Å². The number of rotatable bonds is 27. The summed E-state index contributed by atoms with van der Waals surface area (Å²) in [5.74, 6) is -1.12. The van der Waals surface area contributed by atoms with Crippen molar-refractivity contribution in [3.05, 3.63) is 0 Å². The number of unbranched alkanes of at least 4 members (excludes halogenated alkanes) is 15. The average Bonchev–Trinajstić information content (AvgIpc) is 2.84. The van der Waals surface area contributed by atoms with Gasteiger partial charge in [-0.2, -0.15) is 0 Å². The fraction of sp³-hybridized carbons (Fsp3) is 0.933. The summed E-state index contributed by atoms with van der Waals surface area (Å²) < 4.78 is 6.01. The molecule has 0 saturated carbocycles. The summed E-state index contributed by atoms with van der Waals surface area (Å²) in [7, 11) is 0. The number of carbonyl (C=O) groups excluding carboxylic acids is 1. The maximum absolute atomic E-state index is 13.0. The first-order valence-electron chi connectivity index (χ1n) is 15.2. The zero-order chi connectivity index (χ0) is 26.0. The first-order valence-corrected chi connectivity index (χ1v) is 15.2. The van der Waals surface area contributed by atoms with E-state index in [1.807, 2.05) is 0 Å². The zero-order valence-corrected chi connectivity index (χ0v) is 23.6. The first-order chi connectivity index (χ1) is 17.0. The molecular formula is C30H59NO4. The van der Waals surface area contributed by atoms with Gasteiger partial charge in [-0.1, -0.05) is 117 Å². The lowest BCUT2D eigenvalue weighted by Crippen LogP contribution is -2.40. The predicted octanol–water partition coefficient (Wildman–Crippen LogP) is 8.58. The molecule has 0 bridgehead atoms. The van der Waals surface area contributed by atoms with E-state index in [1.54, 1.807) is 0 Å². The van der Waals surface area contributed by atoms with Gasteiger partial charge in [0.1, 0.15) is 12.1 Å². The van der Waals surface area contributed by atoms with Gasteiger partial charge < -0.3 is 15.2 Å². The van der Waals surface area contributed by atoms with Crippen molar-refractivity contribution >= 4 is 11.9 Å². The van der Waals surface area contributed by atoms with Crippen LogP contribution in [0, 0.1) is 0 Å². The third-order valence-electron chi connectivity index (χ3n) is 6.89. The topological polar surface area (TPSA) is 75.6 Å². The maximum atomic E-state index is 13.0. The second kappa shape index (κ2) is 26.0. The molecule has 0 aromatic carbocycles. The summed E-state index contributed by atoms with van der Waals surface area (Å²) in [4.78, 5) is 24.1. The van der Waals surface area contributed by atoms with Gasteiger partial charge in [-0.3, -0.25) is 9.59 Å². The van der Waals surface area contributed by atoms with Crippen LogP contribution in [0.1, 0.15) is 162 Å². The van der Waals surface area contributed by atoms with Crippen LogP contribution in [0.4, 0.5) is 0 Å². The summed E-state index contributed by atoms with van der Waals surface area (Å²) >= 11 is 0. The Bertz CT molecular complexity index is 483. The molecule has 0 fully saturated rings. The molecule has 2 atom stereocenters. The number of ether oxygens (including phenoxy) is 1. The molecule has 0 spiro atoms. The van der Waals surface area contributed by atoms with Crippen molar-refractivity contribution in [2.45, 2.75) is 174 Å². The van der Waals surface area contributed by atoms with Crippen LogP contribution in [-0.4, -0.2) is 35.7 Å². The zero-order valence-electron chi connectivity index (χ0n) is 23.6. The van der Waals surface area contributed by atoms with Gasteiger partial charge in [0.15, 0.2) is 0 Å². The summed E-state index contributed by atoms with van der Waals surface area (Å²) in [5, 5.41) is 12.4. The molecule has 1 unspecified atom stereocenters. The van der Waals surface area contributed by atoms with Crippen LogP contribution in [-0.2, 0) is 14.3 Å². The number of carboxylic acid groups (broad SMARTS) is 1. The Labute approximate surface area is 217 Å². The van der Waals surface area contributed by atoms with E-state index in [0.29, 0.717) is 6.42 Å². The van der Waals surface area contributed by atoms with Crippen LogP contribution < -0.4 is 5.32 Å². The largest absolute Gasteiger partial charge is 0.481 e. The number of hydrogen-bond donors (Lipinski definition) is 2. The van der Waals surface area contributed by atoms with E-state index in [1.165, 1.54) is 83.5 Å². The normalized spacial score (nSPS) is 13.0. The van der Waals surface area contributed by atoms with Gasteiger partial charge in [-0.25, -0.2) is 0 Å². The first kappa shape index (κ1) is 33.9. The van der Waals surface area contributed by atoms with Crippen molar-refractivity contribution in [1.29, 1.82) is 0 Å².